The van der Waals surface area contributed by atoms with Crippen molar-refractivity contribution in [2.45, 2.75) is 42.5 Å². The molecule has 31 heavy (non-hydrogen) atoms. The van der Waals surface area contributed by atoms with Crippen LogP contribution in [-0.2, 0) is 11.3 Å². The summed E-state index contributed by atoms with van der Waals surface area (Å²) in [6, 6.07) is 18.5. The van der Waals surface area contributed by atoms with Gasteiger partial charge < -0.3 is 20.7 Å². The molecule has 0 spiro atoms. The van der Waals surface area contributed by atoms with Crippen molar-refractivity contribution in [1.29, 1.82) is 0 Å². The number of hydrogen-bond donors (Lipinski definition) is 3. The molecule has 8 heteroatoms. The van der Waals surface area contributed by atoms with Gasteiger partial charge in [0, 0.05) is 36.3 Å². The van der Waals surface area contributed by atoms with E-state index in [1.165, 1.54) is 4.90 Å². The second kappa shape index (κ2) is 13.5. The Morgan fingerprint density at radius 2 is 1.94 bits per heavy atom. The van der Waals surface area contributed by atoms with Crippen molar-refractivity contribution in [1.82, 2.24) is 16.0 Å². The molecule has 0 saturated heterocycles. The third-order valence-electron chi connectivity index (χ3n) is 4.53. The van der Waals surface area contributed by atoms with Crippen molar-refractivity contribution in [3.05, 3.63) is 60.2 Å². The van der Waals surface area contributed by atoms with Crippen molar-refractivity contribution in [2.24, 2.45) is 4.99 Å². The van der Waals surface area contributed by atoms with E-state index >= 15 is 0 Å². The molecule has 1 atom stereocenters. The van der Waals surface area contributed by atoms with Crippen molar-refractivity contribution >= 4 is 47.6 Å². The number of ether oxygens (including phenoxy) is 1. The normalized spacial score (nSPS) is 14.2. The molecule has 1 saturated carbocycles. The van der Waals surface area contributed by atoms with Crippen LogP contribution in [-0.4, -0.2) is 43.4 Å². The number of hydrogen-bond acceptors (Lipinski definition) is 4. The zero-order chi connectivity index (χ0) is 21.2. The van der Waals surface area contributed by atoms with Crippen LogP contribution in [0.1, 0.15) is 25.3 Å². The molecule has 1 aliphatic carbocycles. The summed E-state index contributed by atoms with van der Waals surface area (Å²) in [6.07, 6.45) is 2.15. The van der Waals surface area contributed by atoms with Crippen LogP contribution in [0.4, 0.5) is 0 Å². The highest BCUT2D eigenvalue weighted by atomic mass is 127. The zero-order valence-corrected chi connectivity index (χ0v) is 21.1. The van der Waals surface area contributed by atoms with Crippen LogP contribution in [0.5, 0.6) is 5.75 Å². The Bertz CT molecular complexity index is 846. The molecular formula is C23H31IN4O2S. The Kier molecular flexibility index (Phi) is 11.0. The monoisotopic (exact) mass is 554 g/mol. The topological polar surface area (TPSA) is 74.8 Å². The summed E-state index contributed by atoms with van der Waals surface area (Å²) in [5, 5.41) is 10.0. The second-order valence-electron chi connectivity index (χ2n) is 7.33. The third kappa shape index (κ3) is 9.82. The summed E-state index contributed by atoms with van der Waals surface area (Å²) < 4.78 is 5.62. The van der Waals surface area contributed by atoms with E-state index < -0.39 is 0 Å². The molecule has 3 rings (SSSR count). The lowest BCUT2D eigenvalue weighted by molar-refractivity contribution is -0.123. The molecule has 168 valence electrons. The number of benzene rings is 2. The first-order valence-electron chi connectivity index (χ1n) is 10.3. The SMILES string of the molecule is CN=C(NCc1cccc(OCC(=O)NC2CC2)c1)NCC(C)Sc1ccccc1.I. The Labute approximate surface area is 206 Å². The molecule has 1 unspecified atom stereocenters. The van der Waals surface area contributed by atoms with Crippen LogP contribution in [0, 0.1) is 0 Å². The minimum atomic E-state index is -0.0619. The largest absolute Gasteiger partial charge is 0.484 e. The van der Waals surface area contributed by atoms with Gasteiger partial charge in [-0.25, -0.2) is 0 Å². The van der Waals surface area contributed by atoms with E-state index in [9.17, 15) is 4.79 Å². The van der Waals surface area contributed by atoms with Crippen LogP contribution >= 0.6 is 35.7 Å². The van der Waals surface area contributed by atoms with E-state index in [2.05, 4.69) is 52.1 Å². The van der Waals surface area contributed by atoms with Gasteiger partial charge in [-0.05, 0) is 42.7 Å². The summed E-state index contributed by atoms with van der Waals surface area (Å²) in [5.41, 5.74) is 1.06. The van der Waals surface area contributed by atoms with E-state index in [-0.39, 0.29) is 36.5 Å². The van der Waals surface area contributed by atoms with Gasteiger partial charge in [-0.3, -0.25) is 9.79 Å². The van der Waals surface area contributed by atoms with Gasteiger partial charge in [0.1, 0.15) is 5.75 Å². The second-order valence-corrected chi connectivity index (χ2v) is 8.84. The fourth-order valence-corrected chi connectivity index (χ4v) is 3.76. The first kappa shape index (κ1) is 25.3. The fourth-order valence-electron chi connectivity index (χ4n) is 2.81. The highest BCUT2D eigenvalue weighted by molar-refractivity contribution is 14.0. The predicted octanol–water partition coefficient (Wildman–Crippen LogP) is 3.81. The average Bonchev–Trinajstić information content (AvgIpc) is 3.57. The number of rotatable bonds is 10. The number of guanidine groups is 1. The quantitative estimate of drug-likeness (QED) is 0.180. The fraction of sp³-hybridized carbons (Fsp3) is 0.391. The summed E-state index contributed by atoms with van der Waals surface area (Å²) in [7, 11) is 1.77. The van der Waals surface area contributed by atoms with E-state index in [0.717, 1.165) is 30.9 Å². The van der Waals surface area contributed by atoms with Gasteiger partial charge in [-0.1, -0.05) is 37.3 Å². The van der Waals surface area contributed by atoms with E-state index in [1.54, 1.807) is 7.05 Å². The summed E-state index contributed by atoms with van der Waals surface area (Å²) >= 11 is 1.83. The number of halogens is 1. The maximum atomic E-state index is 11.8. The number of carbonyl (C=O) groups is 1. The lowest BCUT2D eigenvalue weighted by atomic mass is 10.2. The molecule has 6 nitrogen and oxygen atoms in total. The van der Waals surface area contributed by atoms with Crippen LogP contribution in [0.3, 0.4) is 0 Å². The molecule has 2 aromatic rings. The van der Waals surface area contributed by atoms with Crippen molar-refractivity contribution in [2.75, 3.05) is 20.2 Å². The molecule has 3 N–H and O–H groups in total. The van der Waals surface area contributed by atoms with Crippen LogP contribution in [0.15, 0.2) is 64.5 Å². The number of nitrogens with one attached hydrogen (secondary N) is 3. The molecule has 1 amide bonds. The summed E-state index contributed by atoms with van der Waals surface area (Å²) in [6.45, 7) is 3.66. The Hall–Kier alpha value is -1.94. The van der Waals surface area contributed by atoms with Gasteiger partial charge in [-0.2, -0.15) is 0 Å². The summed E-state index contributed by atoms with van der Waals surface area (Å²) in [4.78, 5) is 17.3. The molecule has 1 aliphatic rings. The smallest absolute Gasteiger partial charge is 0.258 e. The Morgan fingerprint density at radius 3 is 2.65 bits per heavy atom. The average molecular weight is 554 g/mol. The molecule has 0 aromatic heterocycles. The van der Waals surface area contributed by atoms with Gasteiger partial charge in [0.15, 0.2) is 12.6 Å². The van der Waals surface area contributed by atoms with Crippen molar-refractivity contribution in [3.63, 3.8) is 0 Å². The van der Waals surface area contributed by atoms with Crippen molar-refractivity contribution < 1.29 is 9.53 Å². The van der Waals surface area contributed by atoms with Gasteiger partial charge in [0.25, 0.3) is 5.91 Å². The van der Waals surface area contributed by atoms with Gasteiger partial charge in [-0.15, -0.1) is 35.7 Å². The maximum Gasteiger partial charge on any atom is 0.258 e. The highest BCUT2D eigenvalue weighted by Gasteiger charge is 2.23. The lowest BCUT2D eigenvalue weighted by Crippen LogP contribution is -2.39. The van der Waals surface area contributed by atoms with Gasteiger partial charge in [0.05, 0.1) is 0 Å². The first-order chi connectivity index (χ1) is 14.6. The van der Waals surface area contributed by atoms with E-state index in [0.29, 0.717) is 23.6 Å². The zero-order valence-electron chi connectivity index (χ0n) is 18.0. The number of amides is 1. The lowest BCUT2D eigenvalue weighted by Gasteiger charge is -2.16. The molecular weight excluding hydrogens is 523 g/mol. The number of thioether (sulfide) groups is 1. The molecule has 2 aromatic carbocycles. The third-order valence-corrected chi connectivity index (χ3v) is 5.65. The Balaban J connectivity index is 0.00000341. The number of aliphatic imine (C=N–C) groups is 1. The van der Waals surface area contributed by atoms with Crippen molar-refractivity contribution in [3.8, 4) is 5.75 Å². The minimum absolute atomic E-state index is 0. The molecule has 0 heterocycles. The number of nitrogens with zero attached hydrogens (tertiary/aromatic N) is 1. The molecule has 0 radical (unpaired) electrons. The standard InChI is InChI=1S/C23H30N4O2S.HI/c1-17(30-21-9-4-3-5-10-21)14-25-23(24-2)26-15-18-7-6-8-20(13-18)29-16-22(28)27-19-11-12-19;/h3-10,13,17,19H,11-12,14-16H2,1-2H3,(H,27,28)(H2,24,25,26);1H. The molecule has 1 fully saturated rings. The first-order valence-corrected chi connectivity index (χ1v) is 11.2. The highest BCUT2D eigenvalue weighted by Crippen LogP contribution is 2.22. The summed E-state index contributed by atoms with van der Waals surface area (Å²) in [5.74, 6) is 1.38. The van der Waals surface area contributed by atoms with Gasteiger partial charge in [0.2, 0.25) is 0 Å². The maximum absolute atomic E-state index is 11.8. The molecule has 0 bridgehead atoms. The van der Waals surface area contributed by atoms with E-state index in [1.807, 2.05) is 42.1 Å². The van der Waals surface area contributed by atoms with Crippen LogP contribution in [0.25, 0.3) is 0 Å². The van der Waals surface area contributed by atoms with Gasteiger partial charge >= 0.3 is 0 Å². The van der Waals surface area contributed by atoms with E-state index in [4.69, 9.17) is 4.74 Å². The number of carbonyl (C=O) groups excluding carboxylic acids is 1. The molecule has 0 aliphatic heterocycles. The minimum Gasteiger partial charge on any atom is -0.484 e. The van der Waals surface area contributed by atoms with Crippen LogP contribution in [0.2, 0.25) is 0 Å². The predicted molar refractivity (Wildman–Crippen MR) is 138 cm³/mol. The van der Waals surface area contributed by atoms with Crippen LogP contribution < -0.4 is 20.7 Å². The Morgan fingerprint density at radius 1 is 1.16 bits per heavy atom.